The second-order valence-corrected chi connectivity index (χ2v) is 8.44. The van der Waals surface area contributed by atoms with E-state index in [9.17, 15) is 9.59 Å². The summed E-state index contributed by atoms with van der Waals surface area (Å²) in [4.78, 5) is 32.6. The summed E-state index contributed by atoms with van der Waals surface area (Å²) < 4.78 is 7.69. The zero-order valence-corrected chi connectivity index (χ0v) is 18.5. The minimum Gasteiger partial charge on any atom is -0.457 e. The number of ketones is 1. The minimum atomic E-state index is -0.220. The molecule has 1 amide bonds. The van der Waals surface area contributed by atoms with Gasteiger partial charge in [0.1, 0.15) is 22.8 Å². The standard InChI is InChI=1S/C27H25N3O3/c1-19-7-5-15-29-18-24(28-26(19)29)27(32)30-16-6-8-21(17-30)25(31)20-11-13-23(14-12-20)33-22-9-3-2-4-10-22/h2-5,7,9-15,18,21H,6,8,16-17H2,1H3. The Balaban J connectivity index is 1.27. The molecule has 6 heteroatoms. The highest BCUT2D eigenvalue weighted by atomic mass is 16.5. The van der Waals surface area contributed by atoms with Gasteiger partial charge in [-0.05, 0) is 67.8 Å². The van der Waals surface area contributed by atoms with Crippen LogP contribution in [0.2, 0.25) is 0 Å². The van der Waals surface area contributed by atoms with E-state index in [0.717, 1.165) is 29.8 Å². The van der Waals surface area contributed by atoms with Crippen LogP contribution in [0.5, 0.6) is 11.5 Å². The van der Waals surface area contributed by atoms with E-state index in [0.29, 0.717) is 30.1 Å². The number of carbonyl (C=O) groups is 2. The van der Waals surface area contributed by atoms with Gasteiger partial charge in [-0.3, -0.25) is 9.59 Å². The smallest absolute Gasteiger partial charge is 0.274 e. The predicted molar refractivity (Wildman–Crippen MR) is 126 cm³/mol. The number of aromatic nitrogens is 2. The van der Waals surface area contributed by atoms with E-state index in [2.05, 4.69) is 4.98 Å². The lowest BCUT2D eigenvalue weighted by Gasteiger charge is -2.31. The van der Waals surface area contributed by atoms with E-state index in [1.165, 1.54) is 0 Å². The van der Waals surface area contributed by atoms with Crippen LogP contribution < -0.4 is 4.74 Å². The number of hydrogen-bond donors (Lipinski definition) is 0. The first-order valence-electron chi connectivity index (χ1n) is 11.2. The Kier molecular flexibility index (Phi) is 5.65. The van der Waals surface area contributed by atoms with Crippen LogP contribution in [0.25, 0.3) is 5.65 Å². The topological polar surface area (TPSA) is 63.9 Å². The number of likely N-dealkylation sites (tertiary alicyclic amines) is 1. The van der Waals surface area contributed by atoms with E-state index in [-0.39, 0.29) is 17.6 Å². The molecule has 4 aromatic rings. The molecule has 1 atom stereocenters. The number of nitrogens with zero attached hydrogens (tertiary/aromatic N) is 3. The normalized spacial score (nSPS) is 16.0. The molecule has 5 rings (SSSR count). The van der Waals surface area contributed by atoms with Crippen molar-refractivity contribution in [3.8, 4) is 11.5 Å². The fourth-order valence-corrected chi connectivity index (χ4v) is 4.34. The Labute approximate surface area is 192 Å². The van der Waals surface area contributed by atoms with Crippen LogP contribution in [-0.4, -0.2) is 39.1 Å². The number of hydrogen-bond acceptors (Lipinski definition) is 4. The first-order chi connectivity index (χ1) is 16.1. The van der Waals surface area contributed by atoms with Crippen molar-refractivity contribution in [2.24, 2.45) is 5.92 Å². The maximum Gasteiger partial charge on any atom is 0.274 e. The first kappa shape index (κ1) is 20.9. The summed E-state index contributed by atoms with van der Waals surface area (Å²) in [7, 11) is 0. The third-order valence-corrected chi connectivity index (χ3v) is 6.09. The van der Waals surface area contributed by atoms with Gasteiger partial charge in [0.2, 0.25) is 0 Å². The summed E-state index contributed by atoms with van der Waals surface area (Å²) in [5.74, 6) is 1.15. The molecule has 0 N–H and O–H groups in total. The molecule has 1 aliphatic heterocycles. The Bertz CT molecular complexity index is 1300. The van der Waals surface area contributed by atoms with Crippen molar-refractivity contribution in [2.45, 2.75) is 19.8 Å². The molecule has 0 saturated carbocycles. The maximum absolute atomic E-state index is 13.2. The average molecular weight is 440 g/mol. The molecule has 1 saturated heterocycles. The summed E-state index contributed by atoms with van der Waals surface area (Å²) >= 11 is 0. The molecule has 6 nitrogen and oxygen atoms in total. The van der Waals surface area contributed by atoms with Gasteiger partial charge in [-0.1, -0.05) is 24.3 Å². The molecule has 0 spiro atoms. The molecule has 3 heterocycles. The fourth-order valence-electron chi connectivity index (χ4n) is 4.34. The Morgan fingerprint density at radius 3 is 2.48 bits per heavy atom. The molecule has 166 valence electrons. The van der Waals surface area contributed by atoms with Crippen molar-refractivity contribution in [2.75, 3.05) is 13.1 Å². The number of amides is 1. The van der Waals surface area contributed by atoms with Crippen molar-refractivity contribution in [3.63, 3.8) is 0 Å². The van der Waals surface area contributed by atoms with E-state index < -0.39 is 0 Å². The Hall–Kier alpha value is -3.93. The molecule has 1 aliphatic rings. The van der Waals surface area contributed by atoms with Gasteiger partial charge in [-0.15, -0.1) is 0 Å². The molecular weight excluding hydrogens is 414 g/mol. The van der Waals surface area contributed by atoms with Gasteiger partial charge >= 0.3 is 0 Å². The zero-order chi connectivity index (χ0) is 22.8. The molecule has 0 radical (unpaired) electrons. The van der Waals surface area contributed by atoms with Gasteiger partial charge < -0.3 is 14.0 Å². The van der Waals surface area contributed by atoms with E-state index in [4.69, 9.17) is 4.74 Å². The van der Waals surface area contributed by atoms with Crippen LogP contribution in [0.15, 0.2) is 79.1 Å². The number of benzene rings is 2. The lowest BCUT2D eigenvalue weighted by Crippen LogP contribution is -2.42. The fraction of sp³-hybridized carbons (Fsp3) is 0.222. The third-order valence-electron chi connectivity index (χ3n) is 6.09. The minimum absolute atomic E-state index is 0.0598. The number of ether oxygens (including phenoxy) is 1. The summed E-state index contributed by atoms with van der Waals surface area (Å²) in [5.41, 5.74) is 2.85. The SMILES string of the molecule is Cc1cccn2cc(C(=O)N3CCCC(C(=O)c4ccc(Oc5ccccc5)cc4)C3)nc12. The highest BCUT2D eigenvalue weighted by Crippen LogP contribution is 2.25. The van der Waals surface area contributed by atoms with Crippen LogP contribution >= 0.6 is 0 Å². The van der Waals surface area contributed by atoms with E-state index in [1.54, 1.807) is 23.2 Å². The summed E-state index contributed by atoms with van der Waals surface area (Å²) in [5, 5.41) is 0. The quantitative estimate of drug-likeness (QED) is 0.403. The molecular formula is C27H25N3O3. The average Bonchev–Trinajstić information content (AvgIpc) is 3.30. The highest BCUT2D eigenvalue weighted by molar-refractivity contribution is 5.99. The zero-order valence-electron chi connectivity index (χ0n) is 18.5. The maximum atomic E-state index is 13.2. The van der Waals surface area contributed by atoms with Gasteiger partial charge in [0.15, 0.2) is 5.78 Å². The van der Waals surface area contributed by atoms with Gasteiger partial charge in [0, 0.05) is 37.0 Å². The van der Waals surface area contributed by atoms with Gasteiger partial charge in [0.25, 0.3) is 5.91 Å². The molecule has 33 heavy (non-hydrogen) atoms. The van der Waals surface area contributed by atoms with Crippen molar-refractivity contribution >= 4 is 17.3 Å². The van der Waals surface area contributed by atoms with Crippen LogP contribution in [-0.2, 0) is 0 Å². The Morgan fingerprint density at radius 1 is 0.970 bits per heavy atom. The van der Waals surface area contributed by atoms with Gasteiger partial charge in [-0.25, -0.2) is 4.98 Å². The molecule has 1 fully saturated rings. The van der Waals surface area contributed by atoms with Crippen LogP contribution in [0.4, 0.5) is 0 Å². The number of aryl methyl sites for hydroxylation is 1. The Morgan fingerprint density at radius 2 is 1.73 bits per heavy atom. The molecule has 1 unspecified atom stereocenters. The molecule has 2 aromatic heterocycles. The van der Waals surface area contributed by atoms with Gasteiger partial charge in [-0.2, -0.15) is 0 Å². The summed E-state index contributed by atoms with van der Waals surface area (Å²) in [6, 6.07) is 20.7. The lowest BCUT2D eigenvalue weighted by atomic mass is 9.90. The van der Waals surface area contributed by atoms with E-state index in [1.807, 2.05) is 72.1 Å². The second kappa shape index (κ2) is 8.90. The first-order valence-corrected chi connectivity index (χ1v) is 11.2. The molecule has 0 bridgehead atoms. The van der Waals surface area contributed by atoms with Crippen molar-refractivity contribution < 1.29 is 14.3 Å². The number of rotatable bonds is 5. The van der Waals surface area contributed by atoms with Crippen molar-refractivity contribution in [1.29, 1.82) is 0 Å². The number of fused-ring (bicyclic) bond motifs is 1. The highest BCUT2D eigenvalue weighted by Gasteiger charge is 2.30. The molecule has 0 aliphatic carbocycles. The lowest BCUT2D eigenvalue weighted by molar-refractivity contribution is 0.0632. The molecule has 2 aromatic carbocycles. The van der Waals surface area contributed by atoms with Crippen molar-refractivity contribution in [1.82, 2.24) is 14.3 Å². The summed E-state index contributed by atoms with van der Waals surface area (Å²) in [6.07, 6.45) is 5.22. The predicted octanol–water partition coefficient (Wildman–Crippen LogP) is 5.17. The van der Waals surface area contributed by atoms with Crippen LogP contribution in [0.3, 0.4) is 0 Å². The van der Waals surface area contributed by atoms with Crippen molar-refractivity contribution in [3.05, 3.63) is 95.9 Å². The largest absolute Gasteiger partial charge is 0.457 e. The number of piperidine rings is 1. The third kappa shape index (κ3) is 4.37. The summed E-state index contributed by atoms with van der Waals surface area (Å²) in [6.45, 7) is 3.02. The van der Waals surface area contributed by atoms with E-state index >= 15 is 0 Å². The number of carbonyl (C=O) groups excluding carboxylic acids is 2. The second-order valence-electron chi connectivity index (χ2n) is 8.44. The van der Waals surface area contributed by atoms with Crippen LogP contribution in [0.1, 0.15) is 39.3 Å². The number of pyridine rings is 1. The number of para-hydroxylation sites is 1. The van der Waals surface area contributed by atoms with Crippen LogP contribution in [0, 0.1) is 12.8 Å². The van der Waals surface area contributed by atoms with Gasteiger partial charge in [0.05, 0.1) is 0 Å². The number of Topliss-reactive ketones (excluding diaryl/α,β-unsaturated/α-hetero) is 1. The number of imidazole rings is 1. The monoisotopic (exact) mass is 439 g/mol.